The van der Waals surface area contributed by atoms with E-state index in [0.717, 1.165) is 4.47 Å². The predicted octanol–water partition coefficient (Wildman–Crippen LogP) is 3.29. The maximum Gasteiger partial charge on any atom is 0.251 e. The summed E-state index contributed by atoms with van der Waals surface area (Å²) in [5, 5.41) is 2.69. The third-order valence-electron chi connectivity index (χ3n) is 3.25. The number of benzene rings is 2. The van der Waals surface area contributed by atoms with Gasteiger partial charge in [0.15, 0.2) is 11.5 Å². The Morgan fingerprint density at radius 3 is 2.73 bits per heavy atom. The Morgan fingerprint density at radius 2 is 1.91 bits per heavy atom. The molecule has 0 fully saturated rings. The number of halogens is 2. The molecule has 0 atom stereocenters. The van der Waals surface area contributed by atoms with E-state index in [2.05, 4.69) is 21.2 Å². The number of hydrogen-bond acceptors (Lipinski definition) is 3. The van der Waals surface area contributed by atoms with Crippen molar-refractivity contribution in [2.24, 2.45) is 0 Å². The zero-order chi connectivity index (χ0) is 15.5. The van der Waals surface area contributed by atoms with Gasteiger partial charge in [0, 0.05) is 22.1 Å². The Balaban J connectivity index is 1.70. The summed E-state index contributed by atoms with van der Waals surface area (Å²) >= 11 is 3.28. The molecule has 2 aromatic rings. The summed E-state index contributed by atoms with van der Waals surface area (Å²) in [4.78, 5) is 12.2. The predicted molar refractivity (Wildman–Crippen MR) is 82.7 cm³/mol. The molecule has 1 N–H and O–H groups in total. The Hall–Kier alpha value is -2.08. The van der Waals surface area contributed by atoms with Gasteiger partial charge in [0.1, 0.15) is 19.0 Å². The van der Waals surface area contributed by atoms with Crippen molar-refractivity contribution >= 4 is 21.8 Å². The quantitative estimate of drug-likeness (QED) is 0.907. The highest BCUT2D eigenvalue weighted by Crippen LogP contribution is 2.30. The largest absolute Gasteiger partial charge is 0.486 e. The van der Waals surface area contributed by atoms with E-state index in [4.69, 9.17) is 9.47 Å². The Bertz CT molecular complexity index is 721. The Morgan fingerprint density at radius 1 is 1.14 bits per heavy atom. The minimum Gasteiger partial charge on any atom is -0.486 e. The number of fused-ring (bicyclic) bond motifs is 1. The molecule has 0 aromatic heterocycles. The molecule has 1 heterocycles. The molecule has 0 saturated carbocycles. The molecule has 114 valence electrons. The van der Waals surface area contributed by atoms with Crippen LogP contribution in [-0.4, -0.2) is 19.1 Å². The van der Waals surface area contributed by atoms with Crippen LogP contribution in [0, 0.1) is 5.82 Å². The molecule has 0 bridgehead atoms. The van der Waals surface area contributed by atoms with Crippen LogP contribution in [0.2, 0.25) is 0 Å². The van der Waals surface area contributed by atoms with E-state index in [1.165, 1.54) is 6.07 Å². The molecule has 6 heteroatoms. The molecular weight excluding hydrogens is 353 g/mol. The lowest BCUT2D eigenvalue weighted by atomic mass is 10.1. The molecule has 0 saturated heterocycles. The summed E-state index contributed by atoms with van der Waals surface area (Å²) in [6, 6.07) is 9.58. The molecule has 4 nitrogen and oxygen atoms in total. The fourth-order valence-corrected chi connectivity index (χ4v) is 2.55. The molecular formula is C16H13BrFNO3. The molecule has 1 aliphatic heterocycles. The molecule has 2 aromatic carbocycles. The second kappa shape index (κ2) is 6.36. The van der Waals surface area contributed by atoms with Crippen LogP contribution in [0.4, 0.5) is 4.39 Å². The van der Waals surface area contributed by atoms with Gasteiger partial charge in [-0.05, 0) is 36.4 Å². The van der Waals surface area contributed by atoms with Gasteiger partial charge in [0.25, 0.3) is 5.91 Å². The zero-order valence-corrected chi connectivity index (χ0v) is 13.2. The van der Waals surface area contributed by atoms with Gasteiger partial charge in [-0.3, -0.25) is 4.79 Å². The van der Waals surface area contributed by atoms with Crippen LogP contribution in [0.25, 0.3) is 0 Å². The van der Waals surface area contributed by atoms with Crippen molar-refractivity contribution in [1.82, 2.24) is 5.32 Å². The highest BCUT2D eigenvalue weighted by Gasteiger charge is 2.15. The van der Waals surface area contributed by atoms with Gasteiger partial charge in [-0.2, -0.15) is 0 Å². The van der Waals surface area contributed by atoms with Crippen molar-refractivity contribution in [3.63, 3.8) is 0 Å². The summed E-state index contributed by atoms with van der Waals surface area (Å²) in [5.41, 5.74) is 0.861. The second-order valence-electron chi connectivity index (χ2n) is 4.78. The number of hydrogen-bond donors (Lipinski definition) is 1. The SMILES string of the molecule is O=C(NCc1cc(Br)ccc1F)c1ccc2c(c1)OCCO2. The van der Waals surface area contributed by atoms with Gasteiger partial charge in [0.05, 0.1) is 0 Å². The number of nitrogens with one attached hydrogen (secondary N) is 1. The van der Waals surface area contributed by atoms with Crippen molar-refractivity contribution in [2.45, 2.75) is 6.54 Å². The number of rotatable bonds is 3. The third-order valence-corrected chi connectivity index (χ3v) is 3.74. The van der Waals surface area contributed by atoms with Crippen LogP contribution in [0.1, 0.15) is 15.9 Å². The standard InChI is InChI=1S/C16H13BrFNO3/c17-12-2-3-13(18)11(7-12)9-19-16(20)10-1-4-14-15(8-10)22-6-5-21-14/h1-4,7-8H,5-6,9H2,(H,19,20). The van der Waals surface area contributed by atoms with Crippen molar-refractivity contribution < 1.29 is 18.7 Å². The molecule has 0 aliphatic carbocycles. The number of carbonyl (C=O) groups is 1. The monoisotopic (exact) mass is 365 g/mol. The summed E-state index contributed by atoms with van der Waals surface area (Å²) in [7, 11) is 0. The topological polar surface area (TPSA) is 47.6 Å². The van der Waals surface area contributed by atoms with Crippen LogP contribution in [0.5, 0.6) is 11.5 Å². The molecule has 3 rings (SSSR count). The van der Waals surface area contributed by atoms with Gasteiger partial charge in [0.2, 0.25) is 0 Å². The maximum absolute atomic E-state index is 13.6. The lowest BCUT2D eigenvalue weighted by molar-refractivity contribution is 0.0949. The molecule has 1 amide bonds. The fourth-order valence-electron chi connectivity index (χ4n) is 2.14. The first-order chi connectivity index (χ1) is 10.6. The highest BCUT2D eigenvalue weighted by molar-refractivity contribution is 9.10. The fraction of sp³-hybridized carbons (Fsp3) is 0.188. The second-order valence-corrected chi connectivity index (χ2v) is 5.69. The average molecular weight is 366 g/mol. The number of amides is 1. The normalized spacial score (nSPS) is 12.8. The first kappa shape index (κ1) is 14.8. The van der Waals surface area contributed by atoms with Crippen molar-refractivity contribution in [3.8, 4) is 11.5 Å². The van der Waals surface area contributed by atoms with Crippen LogP contribution in [-0.2, 0) is 6.54 Å². The van der Waals surface area contributed by atoms with E-state index in [1.807, 2.05) is 0 Å². The minimum atomic E-state index is -0.356. The van der Waals surface area contributed by atoms with Gasteiger partial charge >= 0.3 is 0 Å². The Kier molecular flexibility index (Phi) is 4.29. The van der Waals surface area contributed by atoms with Crippen molar-refractivity contribution in [2.75, 3.05) is 13.2 Å². The molecule has 22 heavy (non-hydrogen) atoms. The Labute approximate surface area is 135 Å². The summed E-state index contributed by atoms with van der Waals surface area (Å²) in [6.07, 6.45) is 0. The lowest BCUT2D eigenvalue weighted by Crippen LogP contribution is -2.24. The number of ether oxygens (including phenoxy) is 2. The lowest BCUT2D eigenvalue weighted by Gasteiger charge is -2.18. The van der Waals surface area contributed by atoms with E-state index in [9.17, 15) is 9.18 Å². The first-order valence-electron chi connectivity index (χ1n) is 6.75. The molecule has 1 aliphatic rings. The third kappa shape index (κ3) is 3.22. The van der Waals surface area contributed by atoms with Gasteiger partial charge < -0.3 is 14.8 Å². The van der Waals surface area contributed by atoms with Crippen molar-refractivity contribution in [3.05, 3.63) is 57.8 Å². The van der Waals surface area contributed by atoms with Crippen molar-refractivity contribution in [1.29, 1.82) is 0 Å². The van der Waals surface area contributed by atoms with Crippen LogP contribution in [0.15, 0.2) is 40.9 Å². The van der Waals surface area contributed by atoms with E-state index in [0.29, 0.717) is 35.8 Å². The molecule has 0 spiro atoms. The van der Waals surface area contributed by atoms with Crippen LogP contribution < -0.4 is 14.8 Å². The summed E-state index contributed by atoms with van der Waals surface area (Å²) < 4.78 is 25.2. The van der Waals surface area contributed by atoms with E-state index >= 15 is 0 Å². The van der Waals surface area contributed by atoms with Crippen LogP contribution in [0.3, 0.4) is 0 Å². The molecule has 0 radical (unpaired) electrons. The first-order valence-corrected chi connectivity index (χ1v) is 7.54. The minimum absolute atomic E-state index is 0.110. The van der Waals surface area contributed by atoms with Gasteiger partial charge in [-0.25, -0.2) is 4.39 Å². The smallest absolute Gasteiger partial charge is 0.251 e. The number of carbonyl (C=O) groups excluding carboxylic acids is 1. The van der Waals surface area contributed by atoms with E-state index < -0.39 is 0 Å². The van der Waals surface area contributed by atoms with E-state index in [-0.39, 0.29) is 18.3 Å². The average Bonchev–Trinajstić information content (AvgIpc) is 2.55. The highest BCUT2D eigenvalue weighted by atomic mass is 79.9. The van der Waals surface area contributed by atoms with Crippen LogP contribution >= 0.6 is 15.9 Å². The van der Waals surface area contributed by atoms with E-state index in [1.54, 1.807) is 30.3 Å². The summed E-state index contributed by atoms with van der Waals surface area (Å²) in [6.45, 7) is 1.07. The zero-order valence-electron chi connectivity index (χ0n) is 11.6. The van der Waals surface area contributed by atoms with Gasteiger partial charge in [-0.15, -0.1) is 0 Å². The maximum atomic E-state index is 13.6. The molecule has 0 unspecified atom stereocenters. The van der Waals surface area contributed by atoms with Gasteiger partial charge in [-0.1, -0.05) is 15.9 Å². The summed E-state index contributed by atoms with van der Waals surface area (Å²) in [5.74, 6) is 0.524.